The number of amides is 1. The van der Waals surface area contributed by atoms with Crippen LogP contribution in [0.4, 0.5) is 5.13 Å². The second-order valence-electron chi connectivity index (χ2n) is 8.03. The van der Waals surface area contributed by atoms with E-state index < -0.39 is 0 Å². The third-order valence-corrected chi connectivity index (χ3v) is 6.84. The van der Waals surface area contributed by atoms with Crippen molar-refractivity contribution in [2.75, 3.05) is 64.3 Å². The monoisotopic (exact) mass is 417 g/mol. The van der Waals surface area contributed by atoms with Crippen LogP contribution in [0.5, 0.6) is 0 Å². The van der Waals surface area contributed by atoms with Gasteiger partial charge in [-0.3, -0.25) is 9.36 Å². The summed E-state index contributed by atoms with van der Waals surface area (Å²) in [5, 5.41) is 13.6. The van der Waals surface area contributed by atoms with E-state index in [1.807, 2.05) is 29.1 Å². The number of hydrogen-bond donors (Lipinski definition) is 1. The highest BCUT2D eigenvalue weighted by Gasteiger charge is 2.27. The maximum absolute atomic E-state index is 12.7. The number of piperazine rings is 1. The molecule has 2 fully saturated rings. The van der Waals surface area contributed by atoms with Crippen LogP contribution in [0.2, 0.25) is 0 Å². The summed E-state index contributed by atoms with van der Waals surface area (Å²) in [6.07, 6.45) is 6.92. The van der Waals surface area contributed by atoms with Crippen LogP contribution < -0.4 is 10.2 Å². The van der Waals surface area contributed by atoms with Crippen LogP contribution in [0, 0.1) is 5.92 Å². The van der Waals surface area contributed by atoms with Crippen LogP contribution in [-0.2, 0) is 4.79 Å². The van der Waals surface area contributed by atoms with Gasteiger partial charge < -0.3 is 20.0 Å². The Morgan fingerprint density at radius 1 is 1.14 bits per heavy atom. The van der Waals surface area contributed by atoms with Gasteiger partial charge in [-0.1, -0.05) is 11.3 Å². The van der Waals surface area contributed by atoms with Crippen molar-refractivity contribution in [3.63, 3.8) is 0 Å². The average Bonchev–Trinajstić information content (AvgIpc) is 3.44. The molecule has 158 valence electrons. The number of aromatic nitrogens is 3. The van der Waals surface area contributed by atoms with E-state index in [1.165, 1.54) is 0 Å². The zero-order valence-electron chi connectivity index (χ0n) is 17.2. The van der Waals surface area contributed by atoms with Gasteiger partial charge in [0.1, 0.15) is 0 Å². The molecule has 0 bridgehead atoms. The number of anilines is 1. The number of rotatable bonds is 7. The fourth-order valence-electron chi connectivity index (χ4n) is 4.00. The smallest absolute Gasteiger partial charge is 0.224 e. The lowest BCUT2D eigenvalue weighted by Gasteiger charge is -2.32. The Kier molecular flexibility index (Phi) is 6.78. The molecule has 2 aromatic rings. The molecule has 0 unspecified atom stereocenters. The Balaban J connectivity index is 1.21. The molecular weight excluding hydrogens is 386 g/mol. The van der Waals surface area contributed by atoms with Gasteiger partial charge in [-0.15, -0.1) is 10.2 Å². The van der Waals surface area contributed by atoms with Crippen molar-refractivity contribution < 1.29 is 4.79 Å². The lowest BCUT2D eigenvalue weighted by Crippen LogP contribution is -2.46. The summed E-state index contributed by atoms with van der Waals surface area (Å²) >= 11 is 1.57. The van der Waals surface area contributed by atoms with Crippen molar-refractivity contribution >= 4 is 22.4 Å². The van der Waals surface area contributed by atoms with Gasteiger partial charge in [0.2, 0.25) is 16.2 Å². The number of nitrogens with zero attached hydrogens (tertiary/aromatic N) is 6. The van der Waals surface area contributed by atoms with E-state index in [9.17, 15) is 4.79 Å². The first kappa shape index (κ1) is 20.3. The van der Waals surface area contributed by atoms with Gasteiger partial charge in [-0.05, 0) is 45.0 Å². The van der Waals surface area contributed by atoms with Crippen LogP contribution in [0.3, 0.4) is 0 Å². The summed E-state index contributed by atoms with van der Waals surface area (Å²) in [5.74, 6) is 0.217. The first-order valence-electron chi connectivity index (χ1n) is 10.6. The molecule has 2 aromatic heterocycles. The summed E-state index contributed by atoms with van der Waals surface area (Å²) in [5.41, 5.74) is 0. The molecular formula is C20H31N7OS. The highest BCUT2D eigenvalue weighted by molar-refractivity contribution is 7.17. The first-order valence-corrected chi connectivity index (χ1v) is 11.4. The number of piperidine rings is 1. The number of likely N-dealkylation sites (N-methyl/N-ethyl adjacent to an activating group) is 1. The minimum atomic E-state index is 0.0336. The van der Waals surface area contributed by atoms with Crippen molar-refractivity contribution in [1.29, 1.82) is 0 Å². The second kappa shape index (κ2) is 9.69. The van der Waals surface area contributed by atoms with Crippen molar-refractivity contribution in [1.82, 2.24) is 29.9 Å². The average molecular weight is 418 g/mol. The Bertz CT molecular complexity index is 770. The van der Waals surface area contributed by atoms with E-state index in [-0.39, 0.29) is 11.8 Å². The third kappa shape index (κ3) is 5.34. The molecule has 2 aliphatic heterocycles. The van der Waals surface area contributed by atoms with Crippen LogP contribution in [0.25, 0.3) is 5.13 Å². The molecule has 1 atom stereocenters. The summed E-state index contributed by atoms with van der Waals surface area (Å²) < 4.78 is 1.97. The Hall–Kier alpha value is -1.97. The third-order valence-electron chi connectivity index (χ3n) is 5.84. The molecule has 9 heteroatoms. The zero-order chi connectivity index (χ0) is 20.1. The molecule has 2 aliphatic rings. The molecule has 0 saturated carbocycles. The SMILES string of the molecule is CN1CCN(CCCNC(=O)[C@H]2CCCN(c3nnc(-n4cccc4)s3)C2)CC1. The topological polar surface area (TPSA) is 69.5 Å². The van der Waals surface area contributed by atoms with E-state index in [4.69, 9.17) is 0 Å². The number of hydrogen-bond acceptors (Lipinski definition) is 7. The van der Waals surface area contributed by atoms with Crippen LogP contribution in [-0.4, -0.2) is 89.9 Å². The number of carbonyl (C=O) groups excluding carboxylic acids is 1. The fourth-order valence-corrected chi connectivity index (χ4v) is 4.85. The van der Waals surface area contributed by atoms with Crippen molar-refractivity contribution in [3.8, 4) is 5.13 Å². The van der Waals surface area contributed by atoms with Gasteiger partial charge in [0, 0.05) is 58.2 Å². The minimum Gasteiger partial charge on any atom is -0.356 e. The summed E-state index contributed by atoms with van der Waals surface area (Å²) in [6, 6.07) is 3.96. The van der Waals surface area contributed by atoms with Crippen LogP contribution >= 0.6 is 11.3 Å². The van der Waals surface area contributed by atoms with E-state index in [0.29, 0.717) is 0 Å². The van der Waals surface area contributed by atoms with E-state index in [1.54, 1.807) is 11.3 Å². The minimum absolute atomic E-state index is 0.0336. The predicted octanol–water partition coefficient (Wildman–Crippen LogP) is 1.30. The molecule has 0 aromatic carbocycles. The molecule has 0 spiro atoms. The number of carbonyl (C=O) groups is 1. The van der Waals surface area contributed by atoms with Crippen molar-refractivity contribution in [3.05, 3.63) is 24.5 Å². The van der Waals surface area contributed by atoms with Gasteiger partial charge in [0.05, 0.1) is 5.92 Å². The lowest BCUT2D eigenvalue weighted by atomic mass is 9.97. The van der Waals surface area contributed by atoms with Crippen LogP contribution in [0.15, 0.2) is 24.5 Å². The quantitative estimate of drug-likeness (QED) is 0.685. The summed E-state index contributed by atoms with van der Waals surface area (Å²) in [6.45, 7) is 8.04. The zero-order valence-corrected chi connectivity index (χ0v) is 18.0. The molecule has 1 amide bonds. The van der Waals surface area contributed by atoms with Gasteiger partial charge >= 0.3 is 0 Å². The molecule has 4 rings (SSSR count). The van der Waals surface area contributed by atoms with Gasteiger partial charge in [0.15, 0.2) is 0 Å². The summed E-state index contributed by atoms with van der Waals surface area (Å²) in [7, 11) is 2.17. The fraction of sp³-hybridized carbons (Fsp3) is 0.650. The summed E-state index contributed by atoms with van der Waals surface area (Å²) in [4.78, 5) is 19.7. The van der Waals surface area contributed by atoms with E-state index >= 15 is 0 Å². The van der Waals surface area contributed by atoms with Gasteiger partial charge in [0.25, 0.3) is 0 Å². The Labute approximate surface area is 176 Å². The molecule has 29 heavy (non-hydrogen) atoms. The molecule has 2 saturated heterocycles. The van der Waals surface area contributed by atoms with Crippen molar-refractivity contribution in [2.24, 2.45) is 5.92 Å². The maximum atomic E-state index is 12.7. The van der Waals surface area contributed by atoms with Crippen molar-refractivity contribution in [2.45, 2.75) is 19.3 Å². The molecule has 0 aliphatic carbocycles. The lowest BCUT2D eigenvalue weighted by molar-refractivity contribution is -0.125. The molecule has 4 heterocycles. The van der Waals surface area contributed by atoms with E-state index in [2.05, 4.69) is 37.3 Å². The Morgan fingerprint density at radius 2 is 1.90 bits per heavy atom. The van der Waals surface area contributed by atoms with E-state index in [0.717, 1.165) is 81.9 Å². The predicted molar refractivity (Wildman–Crippen MR) is 116 cm³/mol. The van der Waals surface area contributed by atoms with Crippen LogP contribution in [0.1, 0.15) is 19.3 Å². The molecule has 0 radical (unpaired) electrons. The number of nitrogens with one attached hydrogen (secondary N) is 1. The second-order valence-corrected chi connectivity index (χ2v) is 8.97. The standard InChI is InChI=1S/C20H31N7OS/c1-24-12-14-25(15-13-24)8-5-7-21-18(28)17-6-4-11-27(16-17)20-23-22-19(29-20)26-9-2-3-10-26/h2-3,9-10,17H,4-8,11-16H2,1H3,(H,21,28)/t17-/m0/s1. The first-order chi connectivity index (χ1) is 14.2. The molecule has 8 nitrogen and oxygen atoms in total. The highest BCUT2D eigenvalue weighted by atomic mass is 32.1. The highest BCUT2D eigenvalue weighted by Crippen LogP contribution is 2.27. The van der Waals surface area contributed by atoms with Gasteiger partial charge in [-0.25, -0.2) is 0 Å². The molecule has 1 N–H and O–H groups in total. The van der Waals surface area contributed by atoms with Gasteiger partial charge in [-0.2, -0.15) is 0 Å². The Morgan fingerprint density at radius 3 is 2.69 bits per heavy atom. The normalized spacial score (nSPS) is 21.4. The maximum Gasteiger partial charge on any atom is 0.224 e. The largest absolute Gasteiger partial charge is 0.356 e.